The maximum atomic E-state index is 3.68. The molecule has 1 nitrogen and oxygen atoms in total. The maximum Gasteiger partial charge on any atom is -0.00155 e. The molecule has 0 radical (unpaired) electrons. The van der Waals surface area contributed by atoms with E-state index in [4.69, 9.17) is 0 Å². The predicted molar refractivity (Wildman–Crippen MR) is 72.5 cm³/mol. The molecule has 0 aromatic rings. The van der Waals surface area contributed by atoms with Crippen LogP contribution < -0.4 is 5.32 Å². The third-order valence-corrected chi connectivity index (χ3v) is 3.90. The van der Waals surface area contributed by atoms with Gasteiger partial charge in [0.05, 0.1) is 0 Å². The standard InChI is InChI=1S/C15H29N/c1-12(2)15(13(3)4)11-16-10-14-8-6-5-7-9-14/h5-6,12-16H,7-11H2,1-4H3. The van der Waals surface area contributed by atoms with E-state index in [1.54, 1.807) is 0 Å². The second kappa shape index (κ2) is 7.11. The fraction of sp³-hybridized carbons (Fsp3) is 0.867. The fourth-order valence-electron chi connectivity index (χ4n) is 2.74. The second-order valence-electron chi connectivity index (χ2n) is 5.96. The van der Waals surface area contributed by atoms with Crippen LogP contribution in [0.5, 0.6) is 0 Å². The Morgan fingerprint density at radius 1 is 1.12 bits per heavy atom. The molecule has 0 aliphatic heterocycles. The van der Waals surface area contributed by atoms with Crippen molar-refractivity contribution in [3.8, 4) is 0 Å². The van der Waals surface area contributed by atoms with E-state index < -0.39 is 0 Å². The molecule has 0 fully saturated rings. The smallest absolute Gasteiger partial charge is 0.00155 e. The summed E-state index contributed by atoms with van der Waals surface area (Å²) in [5, 5.41) is 3.68. The molecule has 1 atom stereocenters. The molecule has 0 heterocycles. The number of hydrogen-bond acceptors (Lipinski definition) is 1. The Balaban J connectivity index is 2.19. The summed E-state index contributed by atoms with van der Waals surface area (Å²) in [6.45, 7) is 11.8. The lowest BCUT2D eigenvalue weighted by atomic mass is 9.85. The van der Waals surface area contributed by atoms with Crippen molar-refractivity contribution in [1.82, 2.24) is 5.32 Å². The Kier molecular flexibility index (Phi) is 6.12. The Hall–Kier alpha value is -0.300. The van der Waals surface area contributed by atoms with Crippen LogP contribution in [0, 0.1) is 23.7 Å². The highest BCUT2D eigenvalue weighted by Crippen LogP contribution is 2.20. The molecule has 94 valence electrons. The average molecular weight is 223 g/mol. The summed E-state index contributed by atoms with van der Waals surface area (Å²) in [6, 6.07) is 0. The van der Waals surface area contributed by atoms with Crippen molar-refractivity contribution in [2.45, 2.75) is 47.0 Å². The highest BCUT2D eigenvalue weighted by molar-refractivity contribution is 4.90. The molecule has 0 aromatic heterocycles. The molecule has 0 amide bonds. The first-order valence-corrected chi connectivity index (χ1v) is 6.97. The van der Waals surface area contributed by atoms with Gasteiger partial charge < -0.3 is 5.32 Å². The molecule has 0 saturated heterocycles. The van der Waals surface area contributed by atoms with E-state index in [0.717, 1.165) is 23.7 Å². The highest BCUT2D eigenvalue weighted by Gasteiger charge is 2.17. The van der Waals surface area contributed by atoms with Gasteiger partial charge in [0.25, 0.3) is 0 Å². The first-order chi connectivity index (χ1) is 7.61. The van der Waals surface area contributed by atoms with Crippen molar-refractivity contribution in [2.24, 2.45) is 23.7 Å². The van der Waals surface area contributed by atoms with E-state index in [1.165, 1.54) is 32.4 Å². The van der Waals surface area contributed by atoms with Gasteiger partial charge >= 0.3 is 0 Å². The van der Waals surface area contributed by atoms with Crippen LogP contribution in [0.15, 0.2) is 12.2 Å². The summed E-state index contributed by atoms with van der Waals surface area (Å²) in [7, 11) is 0. The molecule has 0 aromatic carbocycles. The van der Waals surface area contributed by atoms with Gasteiger partial charge in [-0.3, -0.25) is 0 Å². The van der Waals surface area contributed by atoms with Gasteiger partial charge in [-0.15, -0.1) is 0 Å². The SMILES string of the molecule is CC(C)C(CNCC1CC=CCC1)C(C)C. The summed E-state index contributed by atoms with van der Waals surface area (Å²) in [5.41, 5.74) is 0. The molecule has 1 heteroatoms. The van der Waals surface area contributed by atoms with Crippen molar-refractivity contribution in [3.05, 3.63) is 12.2 Å². The summed E-state index contributed by atoms with van der Waals surface area (Å²) in [6.07, 6.45) is 8.60. The largest absolute Gasteiger partial charge is 0.316 e. The topological polar surface area (TPSA) is 12.0 Å². The second-order valence-corrected chi connectivity index (χ2v) is 5.96. The molecule has 1 N–H and O–H groups in total. The van der Waals surface area contributed by atoms with E-state index in [2.05, 4.69) is 45.2 Å². The number of hydrogen-bond donors (Lipinski definition) is 1. The van der Waals surface area contributed by atoms with Crippen molar-refractivity contribution in [2.75, 3.05) is 13.1 Å². The molecule has 0 spiro atoms. The summed E-state index contributed by atoms with van der Waals surface area (Å²) in [4.78, 5) is 0. The molecule has 1 unspecified atom stereocenters. The zero-order valence-corrected chi connectivity index (χ0v) is 11.5. The minimum absolute atomic E-state index is 0.791. The van der Waals surface area contributed by atoms with E-state index in [-0.39, 0.29) is 0 Å². The zero-order chi connectivity index (χ0) is 12.0. The van der Waals surface area contributed by atoms with E-state index in [0.29, 0.717) is 0 Å². The van der Waals surface area contributed by atoms with E-state index in [9.17, 15) is 0 Å². The van der Waals surface area contributed by atoms with Crippen LogP contribution in [-0.4, -0.2) is 13.1 Å². The third kappa shape index (κ3) is 4.69. The van der Waals surface area contributed by atoms with E-state index >= 15 is 0 Å². The van der Waals surface area contributed by atoms with Gasteiger partial charge in [-0.05, 0) is 56.0 Å². The van der Waals surface area contributed by atoms with Gasteiger partial charge in [0, 0.05) is 0 Å². The van der Waals surface area contributed by atoms with Gasteiger partial charge in [-0.2, -0.15) is 0 Å². The molecular formula is C15H29N. The van der Waals surface area contributed by atoms with Gasteiger partial charge in [0.1, 0.15) is 0 Å². The predicted octanol–water partition coefficient (Wildman–Crippen LogP) is 3.86. The summed E-state index contributed by atoms with van der Waals surface area (Å²) < 4.78 is 0. The minimum atomic E-state index is 0.791. The number of nitrogens with one attached hydrogen (secondary N) is 1. The number of rotatable bonds is 6. The fourth-order valence-corrected chi connectivity index (χ4v) is 2.74. The van der Waals surface area contributed by atoms with Crippen LogP contribution in [0.3, 0.4) is 0 Å². The molecule has 1 aliphatic rings. The lowest BCUT2D eigenvalue weighted by Crippen LogP contribution is -2.33. The Morgan fingerprint density at radius 3 is 2.31 bits per heavy atom. The van der Waals surface area contributed by atoms with Crippen LogP contribution in [0.25, 0.3) is 0 Å². The molecule has 16 heavy (non-hydrogen) atoms. The van der Waals surface area contributed by atoms with Gasteiger partial charge in [0.2, 0.25) is 0 Å². The van der Waals surface area contributed by atoms with Crippen molar-refractivity contribution < 1.29 is 0 Å². The first-order valence-electron chi connectivity index (χ1n) is 6.97. The van der Waals surface area contributed by atoms with Crippen LogP contribution in [0.4, 0.5) is 0 Å². The Labute approximate surface area is 102 Å². The first kappa shape index (κ1) is 13.8. The van der Waals surface area contributed by atoms with Crippen LogP contribution >= 0.6 is 0 Å². The normalized spacial score (nSPS) is 21.3. The number of allylic oxidation sites excluding steroid dienone is 2. The van der Waals surface area contributed by atoms with Crippen molar-refractivity contribution in [1.29, 1.82) is 0 Å². The molecular weight excluding hydrogens is 194 g/mol. The quantitative estimate of drug-likeness (QED) is 0.674. The molecule has 0 saturated carbocycles. The lowest BCUT2D eigenvalue weighted by molar-refractivity contribution is 0.268. The Morgan fingerprint density at radius 2 is 1.81 bits per heavy atom. The molecule has 0 bridgehead atoms. The van der Waals surface area contributed by atoms with Crippen molar-refractivity contribution in [3.63, 3.8) is 0 Å². The van der Waals surface area contributed by atoms with Crippen LogP contribution in [0.2, 0.25) is 0 Å². The average Bonchev–Trinajstić information content (AvgIpc) is 2.24. The van der Waals surface area contributed by atoms with Crippen LogP contribution in [0.1, 0.15) is 47.0 Å². The van der Waals surface area contributed by atoms with Gasteiger partial charge in [-0.1, -0.05) is 39.8 Å². The summed E-state index contributed by atoms with van der Waals surface area (Å²) in [5.74, 6) is 3.28. The summed E-state index contributed by atoms with van der Waals surface area (Å²) >= 11 is 0. The molecule has 1 aliphatic carbocycles. The zero-order valence-electron chi connectivity index (χ0n) is 11.5. The highest BCUT2D eigenvalue weighted by atomic mass is 14.9. The van der Waals surface area contributed by atoms with Crippen molar-refractivity contribution >= 4 is 0 Å². The third-order valence-electron chi connectivity index (χ3n) is 3.90. The van der Waals surface area contributed by atoms with Crippen LogP contribution in [-0.2, 0) is 0 Å². The maximum absolute atomic E-state index is 3.68. The Bertz CT molecular complexity index is 197. The van der Waals surface area contributed by atoms with E-state index in [1.807, 2.05) is 0 Å². The lowest BCUT2D eigenvalue weighted by Gasteiger charge is -2.26. The van der Waals surface area contributed by atoms with Gasteiger partial charge in [0.15, 0.2) is 0 Å². The van der Waals surface area contributed by atoms with Gasteiger partial charge in [-0.25, -0.2) is 0 Å². The monoisotopic (exact) mass is 223 g/mol. The minimum Gasteiger partial charge on any atom is -0.316 e. The molecule has 1 rings (SSSR count).